The maximum Gasteiger partial charge on any atom is 0.321 e. The lowest BCUT2D eigenvalue weighted by molar-refractivity contribution is -0.141. The molecule has 2 unspecified atom stereocenters. The predicted molar refractivity (Wildman–Crippen MR) is 112 cm³/mol. The van der Waals surface area contributed by atoms with Crippen LogP contribution in [0.5, 0.6) is 0 Å². The third-order valence-electron chi connectivity index (χ3n) is 6.51. The van der Waals surface area contributed by atoms with Crippen molar-refractivity contribution in [1.29, 1.82) is 0 Å². The van der Waals surface area contributed by atoms with Gasteiger partial charge in [0.15, 0.2) is 11.6 Å². The fourth-order valence-corrected chi connectivity index (χ4v) is 4.84. The van der Waals surface area contributed by atoms with E-state index < -0.39 is 17.4 Å². The quantitative estimate of drug-likeness (QED) is 0.762. The molecule has 3 rings (SSSR count). The van der Waals surface area contributed by atoms with E-state index in [2.05, 4.69) is 5.32 Å². The second kappa shape index (κ2) is 8.46. The van der Waals surface area contributed by atoms with Crippen LogP contribution in [0.2, 0.25) is 0 Å². The molecule has 1 saturated heterocycles. The maximum atomic E-state index is 13.5. The van der Waals surface area contributed by atoms with E-state index in [1.54, 1.807) is 20.8 Å². The average molecular weight is 395 g/mol. The average Bonchev–Trinajstić information content (AvgIpc) is 2.83. The van der Waals surface area contributed by atoms with Crippen molar-refractivity contribution in [1.82, 2.24) is 5.32 Å². The summed E-state index contributed by atoms with van der Waals surface area (Å²) in [5.74, 6) is -1.38. The molecule has 1 aliphatic carbocycles. The Bertz CT molecular complexity index is 897. The van der Waals surface area contributed by atoms with Crippen molar-refractivity contribution in [2.45, 2.75) is 64.3 Å². The van der Waals surface area contributed by atoms with Crippen LogP contribution in [0.1, 0.15) is 58.4 Å². The lowest BCUT2D eigenvalue weighted by Crippen LogP contribution is -2.56. The number of hydrogen-bond acceptors (Lipinski definition) is 4. The van der Waals surface area contributed by atoms with Crippen LogP contribution in [-0.2, 0) is 19.8 Å². The van der Waals surface area contributed by atoms with Crippen LogP contribution < -0.4 is 5.32 Å². The smallest absolute Gasteiger partial charge is 0.321 e. The predicted octanol–water partition coefficient (Wildman–Crippen LogP) is 3.74. The Morgan fingerprint density at radius 1 is 0.931 bits per heavy atom. The normalized spacial score (nSPS) is 26.8. The molecular formula is C24H29NO4. The fraction of sp³-hybridized carbons (Fsp3) is 0.458. The van der Waals surface area contributed by atoms with Gasteiger partial charge in [-0.25, -0.2) is 0 Å². The third-order valence-corrected chi connectivity index (χ3v) is 6.51. The molecule has 2 atom stereocenters. The summed E-state index contributed by atoms with van der Waals surface area (Å²) >= 11 is 0. The lowest BCUT2D eigenvalue weighted by atomic mass is 9.61. The monoisotopic (exact) mass is 395 g/mol. The Balaban J connectivity index is 2.35. The van der Waals surface area contributed by atoms with E-state index in [1.165, 1.54) is 0 Å². The van der Waals surface area contributed by atoms with Crippen LogP contribution in [0.15, 0.2) is 52.6 Å². The second-order valence-corrected chi connectivity index (χ2v) is 8.14. The zero-order chi connectivity index (χ0) is 21.2. The number of carboxylic acids is 1. The Kier molecular flexibility index (Phi) is 6.18. The number of carbonyl (C=O) groups is 3. The van der Waals surface area contributed by atoms with E-state index in [4.69, 9.17) is 0 Å². The van der Waals surface area contributed by atoms with Gasteiger partial charge in [0.1, 0.15) is 6.04 Å². The number of carbonyl (C=O) groups excluding carboxylic acids is 2. The Labute approximate surface area is 171 Å². The number of nitrogens with one attached hydrogen (secondary N) is 1. The molecule has 1 aromatic rings. The van der Waals surface area contributed by atoms with Gasteiger partial charge in [0.25, 0.3) is 0 Å². The zero-order valence-corrected chi connectivity index (χ0v) is 17.4. The Morgan fingerprint density at radius 3 is 2.21 bits per heavy atom. The molecule has 2 aliphatic rings. The van der Waals surface area contributed by atoms with Gasteiger partial charge in [0.2, 0.25) is 0 Å². The first-order chi connectivity index (χ1) is 13.8. The van der Waals surface area contributed by atoms with Crippen molar-refractivity contribution >= 4 is 17.5 Å². The summed E-state index contributed by atoms with van der Waals surface area (Å²) in [6.45, 7) is 5.57. The van der Waals surface area contributed by atoms with E-state index in [0.29, 0.717) is 35.3 Å². The number of allylic oxidation sites excluding steroid dienone is 3. The van der Waals surface area contributed by atoms with Gasteiger partial charge < -0.3 is 10.4 Å². The van der Waals surface area contributed by atoms with E-state index >= 15 is 0 Å². The van der Waals surface area contributed by atoms with Crippen molar-refractivity contribution in [3.8, 4) is 0 Å². The van der Waals surface area contributed by atoms with Crippen molar-refractivity contribution in [3.63, 3.8) is 0 Å². The van der Waals surface area contributed by atoms with Crippen molar-refractivity contribution < 1.29 is 19.5 Å². The molecule has 5 nitrogen and oxygen atoms in total. The van der Waals surface area contributed by atoms with Gasteiger partial charge in [-0.05, 0) is 45.7 Å². The molecule has 2 N–H and O–H groups in total. The van der Waals surface area contributed by atoms with Gasteiger partial charge in [-0.1, -0.05) is 49.6 Å². The zero-order valence-electron chi connectivity index (χ0n) is 17.4. The fourth-order valence-electron chi connectivity index (χ4n) is 4.84. The molecular weight excluding hydrogens is 366 g/mol. The highest BCUT2D eigenvalue weighted by molar-refractivity contribution is 6.25. The number of benzene rings is 1. The minimum Gasteiger partial charge on any atom is -0.480 e. The van der Waals surface area contributed by atoms with Crippen LogP contribution in [0.3, 0.4) is 0 Å². The first-order valence-electron chi connectivity index (χ1n) is 10.3. The minimum absolute atomic E-state index is 0.170. The number of carboxylic acid groups (broad SMARTS) is 1. The number of Topliss-reactive ketones (excluding diaryl/α,β-unsaturated/α-hetero) is 2. The van der Waals surface area contributed by atoms with Gasteiger partial charge in [-0.3, -0.25) is 14.4 Å². The first-order valence-corrected chi connectivity index (χ1v) is 10.3. The maximum absolute atomic E-state index is 13.5. The summed E-state index contributed by atoms with van der Waals surface area (Å²) in [6, 6.07) is 8.38. The molecule has 5 heteroatoms. The van der Waals surface area contributed by atoms with Gasteiger partial charge in [-0.15, -0.1) is 0 Å². The van der Waals surface area contributed by atoms with E-state index in [9.17, 15) is 19.5 Å². The second-order valence-electron chi connectivity index (χ2n) is 8.14. The number of ketones is 2. The molecule has 154 valence electrons. The summed E-state index contributed by atoms with van der Waals surface area (Å²) in [5, 5.41) is 13.5. The topological polar surface area (TPSA) is 83.5 Å². The standard InChI is InChI=1S/C24H29NO4/c1-15-16(2)21(27)19(17(3)20(15)26)24(18-11-7-6-8-12-18)13-9-4-5-10-14-25-22(24)23(28)29/h6-8,11-12,22,25H,4-5,9-10,13-14H2,1-3H3,(H,28,29). The highest BCUT2D eigenvalue weighted by atomic mass is 16.4. The van der Waals surface area contributed by atoms with Crippen LogP contribution in [0, 0.1) is 0 Å². The van der Waals surface area contributed by atoms with Crippen LogP contribution in [0.25, 0.3) is 0 Å². The molecule has 1 fully saturated rings. The van der Waals surface area contributed by atoms with Crippen molar-refractivity contribution in [2.75, 3.05) is 6.54 Å². The molecule has 1 aromatic carbocycles. The molecule has 0 aromatic heterocycles. The van der Waals surface area contributed by atoms with Crippen LogP contribution in [0.4, 0.5) is 0 Å². The molecule has 0 amide bonds. The Morgan fingerprint density at radius 2 is 1.55 bits per heavy atom. The van der Waals surface area contributed by atoms with E-state index in [0.717, 1.165) is 31.2 Å². The third kappa shape index (κ3) is 3.60. The summed E-state index contributed by atoms with van der Waals surface area (Å²) in [5.41, 5.74) is 1.24. The highest BCUT2D eigenvalue weighted by Crippen LogP contribution is 2.46. The largest absolute Gasteiger partial charge is 0.480 e. The molecule has 0 spiro atoms. The van der Waals surface area contributed by atoms with Crippen LogP contribution in [-0.4, -0.2) is 35.2 Å². The summed E-state index contributed by atoms with van der Waals surface area (Å²) in [7, 11) is 0. The number of aliphatic carboxylic acids is 1. The molecule has 0 saturated carbocycles. The van der Waals surface area contributed by atoms with Gasteiger partial charge in [0, 0.05) is 22.3 Å². The van der Waals surface area contributed by atoms with E-state index in [1.807, 2.05) is 30.3 Å². The molecule has 0 radical (unpaired) electrons. The van der Waals surface area contributed by atoms with Gasteiger partial charge in [-0.2, -0.15) is 0 Å². The van der Waals surface area contributed by atoms with Crippen LogP contribution >= 0.6 is 0 Å². The van der Waals surface area contributed by atoms with Gasteiger partial charge in [0.05, 0.1) is 5.41 Å². The first kappa shape index (κ1) is 21.2. The molecule has 29 heavy (non-hydrogen) atoms. The van der Waals surface area contributed by atoms with Crippen molar-refractivity contribution in [3.05, 3.63) is 58.2 Å². The van der Waals surface area contributed by atoms with E-state index in [-0.39, 0.29) is 11.6 Å². The van der Waals surface area contributed by atoms with Crippen molar-refractivity contribution in [2.24, 2.45) is 0 Å². The highest BCUT2D eigenvalue weighted by Gasteiger charge is 2.51. The number of rotatable bonds is 3. The lowest BCUT2D eigenvalue weighted by Gasteiger charge is -2.43. The minimum atomic E-state index is -1.10. The molecule has 1 aliphatic heterocycles. The summed E-state index contributed by atoms with van der Waals surface area (Å²) in [4.78, 5) is 39.0. The SMILES string of the molecule is CC1=C(C)C(=O)C(C2(c3ccccc3)CCCCCCNC2C(=O)O)=C(C)C1=O. The van der Waals surface area contributed by atoms with Gasteiger partial charge >= 0.3 is 5.97 Å². The molecule has 0 bridgehead atoms. The summed E-state index contributed by atoms with van der Waals surface area (Å²) < 4.78 is 0. The Hall–Kier alpha value is -2.53. The molecule has 1 heterocycles. The number of hydrogen-bond donors (Lipinski definition) is 2. The summed E-state index contributed by atoms with van der Waals surface area (Å²) in [6.07, 6.45) is 4.15.